The summed E-state index contributed by atoms with van der Waals surface area (Å²) in [6.07, 6.45) is 0. The zero-order chi connectivity index (χ0) is 10.7. The fourth-order valence-electron chi connectivity index (χ4n) is 1.31. The molecule has 2 atom stereocenters. The summed E-state index contributed by atoms with van der Waals surface area (Å²) in [6, 6.07) is 5.70. The van der Waals surface area contributed by atoms with Crippen LogP contribution in [0.1, 0.15) is 25.3 Å². The molecule has 78 valence electrons. The number of benzene rings is 1. The van der Waals surface area contributed by atoms with E-state index in [1.54, 1.807) is 6.07 Å². The minimum atomic E-state index is 0.444. The molecule has 0 aliphatic carbocycles. The molecule has 1 aromatic carbocycles. The van der Waals surface area contributed by atoms with Crippen molar-refractivity contribution in [1.82, 2.24) is 0 Å². The van der Waals surface area contributed by atoms with Gasteiger partial charge in [-0.2, -0.15) is 0 Å². The van der Waals surface area contributed by atoms with E-state index in [0.717, 1.165) is 10.4 Å². The van der Waals surface area contributed by atoms with Crippen molar-refractivity contribution in [3.05, 3.63) is 33.8 Å². The van der Waals surface area contributed by atoms with E-state index in [1.165, 1.54) is 5.56 Å². The maximum atomic E-state index is 6.13. The Morgan fingerprint density at radius 1 is 1.29 bits per heavy atom. The quantitative estimate of drug-likeness (QED) is 0.678. The predicted molar refractivity (Wildman–Crippen MR) is 67.8 cm³/mol. The lowest BCUT2D eigenvalue weighted by molar-refractivity contribution is 0.547. The highest BCUT2D eigenvalue weighted by atomic mass is 79.9. The van der Waals surface area contributed by atoms with E-state index >= 15 is 0 Å². The SMILES string of the molecule is CC(CBr)C(C)c1ccc(Cl)cc1Cl. The maximum absolute atomic E-state index is 6.13. The van der Waals surface area contributed by atoms with Crippen LogP contribution in [0.15, 0.2) is 18.2 Å². The second-order valence-electron chi connectivity index (χ2n) is 3.59. The first kappa shape index (κ1) is 12.4. The van der Waals surface area contributed by atoms with Gasteiger partial charge >= 0.3 is 0 Å². The third-order valence-corrected chi connectivity index (χ3v) is 4.13. The van der Waals surface area contributed by atoms with Crippen LogP contribution in [0, 0.1) is 5.92 Å². The van der Waals surface area contributed by atoms with E-state index in [0.29, 0.717) is 16.9 Å². The Morgan fingerprint density at radius 3 is 2.43 bits per heavy atom. The molecule has 0 nitrogen and oxygen atoms in total. The summed E-state index contributed by atoms with van der Waals surface area (Å²) in [7, 11) is 0. The van der Waals surface area contributed by atoms with Crippen LogP contribution in [0.2, 0.25) is 10.0 Å². The molecule has 1 aromatic rings. The van der Waals surface area contributed by atoms with Gasteiger partial charge in [0.15, 0.2) is 0 Å². The highest BCUT2D eigenvalue weighted by molar-refractivity contribution is 9.09. The Morgan fingerprint density at radius 2 is 1.93 bits per heavy atom. The lowest BCUT2D eigenvalue weighted by atomic mass is 9.90. The van der Waals surface area contributed by atoms with Crippen molar-refractivity contribution in [3.63, 3.8) is 0 Å². The van der Waals surface area contributed by atoms with Crippen LogP contribution in [0.3, 0.4) is 0 Å². The zero-order valence-corrected chi connectivity index (χ0v) is 11.3. The van der Waals surface area contributed by atoms with Gasteiger partial charge in [0.2, 0.25) is 0 Å². The van der Waals surface area contributed by atoms with Gasteiger partial charge in [-0.1, -0.05) is 59.0 Å². The summed E-state index contributed by atoms with van der Waals surface area (Å²) >= 11 is 15.4. The minimum Gasteiger partial charge on any atom is -0.0925 e. The molecule has 0 amide bonds. The van der Waals surface area contributed by atoms with Crippen molar-refractivity contribution >= 4 is 39.1 Å². The average Bonchev–Trinajstić information content (AvgIpc) is 2.15. The fourth-order valence-corrected chi connectivity index (χ4v) is 2.45. The normalized spacial score (nSPS) is 15.2. The summed E-state index contributed by atoms with van der Waals surface area (Å²) < 4.78 is 0. The average molecular weight is 296 g/mol. The van der Waals surface area contributed by atoms with Gasteiger partial charge in [0.1, 0.15) is 0 Å². The van der Waals surface area contributed by atoms with E-state index in [4.69, 9.17) is 23.2 Å². The number of hydrogen-bond acceptors (Lipinski definition) is 0. The summed E-state index contributed by atoms with van der Waals surface area (Å²) in [5.74, 6) is 1.01. The molecule has 1 rings (SSSR count). The molecule has 0 aliphatic rings. The van der Waals surface area contributed by atoms with Gasteiger partial charge in [0.05, 0.1) is 0 Å². The van der Waals surface area contributed by atoms with Crippen LogP contribution in [0.4, 0.5) is 0 Å². The van der Waals surface area contributed by atoms with E-state index in [1.807, 2.05) is 12.1 Å². The Balaban J connectivity index is 2.95. The molecule has 0 aromatic heterocycles. The highest BCUT2D eigenvalue weighted by Gasteiger charge is 2.15. The highest BCUT2D eigenvalue weighted by Crippen LogP contribution is 2.32. The van der Waals surface area contributed by atoms with Gasteiger partial charge in [0, 0.05) is 15.4 Å². The molecule has 14 heavy (non-hydrogen) atoms. The van der Waals surface area contributed by atoms with Crippen LogP contribution in [-0.4, -0.2) is 5.33 Å². The van der Waals surface area contributed by atoms with Crippen molar-refractivity contribution in [2.24, 2.45) is 5.92 Å². The van der Waals surface area contributed by atoms with E-state index < -0.39 is 0 Å². The monoisotopic (exact) mass is 294 g/mol. The van der Waals surface area contributed by atoms with Gasteiger partial charge < -0.3 is 0 Å². The molecule has 0 radical (unpaired) electrons. The third kappa shape index (κ3) is 2.88. The molecule has 0 fully saturated rings. The Kier molecular flexibility index (Phi) is 4.75. The van der Waals surface area contributed by atoms with Crippen LogP contribution < -0.4 is 0 Å². The molecule has 0 heterocycles. The summed E-state index contributed by atoms with van der Waals surface area (Å²) in [4.78, 5) is 0. The third-order valence-electron chi connectivity index (χ3n) is 2.55. The summed E-state index contributed by atoms with van der Waals surface area (Å²) in [6.45, 7) is 4.38. The summed E-state index contributed by atoms with van der Waals surface area (Å²) in [5, 5.41) is 2.43. The Bertz CT molecular complexity index is 312. The molecule has 0 N–H and O–H groups in total. The number of alkyl halides is 1. The molecule has 3 heteroatoms. The topological polar surface area (TPSA) is 0 Å². The zero-order valence-electron chi connectivity index (χ0n) is 8.23. The first-order valence-electron chi connectivity index (χ1n) is 4.57. The van der Waals surface area contributed by atoms with E-state index in [9.17, 15) is 0 Å². The molecule has 2 unspecified atom stereocenters. The first-order valence-corrected chi connectivity index (χ1v) is 6.45. The molecular formula is C11H13BrCl2. The minimum absolute atomic E-state index is 0.444. The standard InChI is InChI=1S/C11H13BrCl2/c1-7(6-12)8(2)10-4-3-9(13)5-11(10)14/h3-5,7-8H,6H2,1-2H3. The predicted octanol–water partition coefficient (Wildman–Crippen LogP) is 5.13. The van der Waals surface area contributed by atoms with Gasteiger partial charge in [-0.05, 0) is 29.5 Å². The van der Waals surface area contributed by atoms with Gasteiger partial charge in [-0.15, -0.1) is 0 Å². The number of rotatable bonds is 3. The van der Waals surface area contributed by atoms with Gasteiger partial charge in [-0.3, -0.25) is 0 Å². The van der Waals surface area contributed by atoms with Crippen LogP contribution >= 0.6 is 39.1 Å². The maximum Gasteiger partial charge on any atom is 0.0455 e. The number of halogens is 3. The largest absolute Gasteiger partial charge is 0.0925 e. The lowest BCUT2D eigenvalue weighted by Crippen LogP contribution is -2.07. The Labute approximate surface area is 104 Å². The molecular weight excluding hydrogens is 283 g/mol. The van der Waals surface area contributed by atoms with E-state index in [2.05, 4.69) is 29.8 Å². The first-order chi connectivity index (χ1) is 6.56. The summed E-state index contributed by atoms with van der Waals surface area (Å²) in [5.41, 5.74) is 1.17. The van der Waals surface area contributed by atoms with Gasteiger partial charge in [0.25, 0.3) is 0 Å². The second kappa shape index (κ2) is 5.39. The number of hydrogen-bond donors (Lipinski definition) is 0. The van der Waals surface area contributed by atoms with E-state index in [-0.39, 0.29) is 0 Å². The second-order valence-corrected chi connectivity index (χ2v) is 5.08. The van der Waals surface area contributed by atoms with Crippen LogP contribution in [0.25, 0.3) is 0 Å². The van der Waals surface area contributed by atoms with Crippen molar-refractivity contribution in [3.8, 4) is 0 Å². The molecule has 0 aliphatic heterocycles. The Hall–Kier alpha value is 0.280. The lowest BCUT2D eigenvalue weighted by Gasteiger charge is -2.19. The van der Waals surface area contributed by atoms with Crippen molar-refractivity contribution < 1.29 is 0 Å². The molecule has 0 saturated carbocycles. The smallest absolute Gasteiger partial charge is 0.0455 e. The molecule has 0 bridgehead atoms. The van der Waals surface area contributed by atoms with Crippen LogP contribution in [0.5, 0.6) is 0 Å². The van der Waals surface area contributed by atoms with Crippen LogP contribution in [-0.2, 0) is 0 Å². The molecule has 0 spiro atoms. The van der Waals surface area contributed by atoms with Crippen molar-refractivity contribution in [2.45, 2.75) is 19.8 Å². The van der Waals surface area contributed by atoms with Crippen molar-refractivity contribution in [1.29, 1.82) is 0 Å². The van der Waals surface area contributed by atoms with Crippen molar-refractivity contribution in [2.75, 3.05) is 5.33 Å². The molecule has 0 saturated heterocycles. The fraction of sp³-hybridized carbons (Fsp3) is 0.455. The van der Waals surface area contributed by atoms with Gasteiger partial charge in [-0.25, -0.2) is 0 Å².